The third-order valence-corrected chi connectivity index (χ3v) is 5.52. The normalized spacial score (nSPS) is 11.8. The molecular weight excluding hydrogens is 320 g/mol. The number of hydrogen-bond acceptors (Lipinski definition) is 5. The van der Waals surface area contributed by atoms with Crippen molar-refractivity contribution >= 4 is 21.8 Å². The molecule has 1 aromatic heterocycles. The lowest BCUT2D eigenvalue weighted by Gasteiger charge is -2.11. The Labute approximate surface area is 135 Å². The van der Waals surface area contributed by atoms with Crippen LogP contribution in [-0.2, 0) is 10.0 Å². The number of para-hydroxylation sites is 1. The van der Waals surface area contributed by atoms with Crippen molar-refractivity contribution in [2.45, 2.75) is 25.9 Å². The molecule has 0 atom stereocenters. The first-order valence-corrected chi connectivity index (χ1v) is 9.66. The van der Waals surface area contributed by atoms with E-state index in [-0.39, 0.29) is 5.75 Å². The zero-order chi connectivity index (χ0) is 16.2. The van der Waals surface area contributed by atoms with Crippen LogP contribution in [0.15, 0.2) is 29.4 Å². The highest BCUT2D eigenvalue weighted by atomic mass is 32.2. The summed E-state index contributed by atoms with van der Waals surface area (Å²) >= 11 is 1.49. The van der Waals surface area contributed by atoms with Gasteiger partial charge in [-0.2, -0.15) is 0 Å². The highest BCUT2D eigenvalue weighted by molar-refractivity contribution is 7.99. The molecule has 8 heteroatoms. The molecule has 0 spiro atoms. The van der Waals surface area contributed by atoms with Crippen LogP contribution in [0.3, 0.4) is 0 Å². The van der Waals surface area contributed by atoms with Crippen LogP contribution in [-0.4, -0.2) is 41.2 Å². The van der Waals surface area contributed by atoms with E-state index in [4.69, 9.17) is 0 Å². The third-order valence-electron chi connectivity index (χ3n) is 3.19. The van der Waals surface area contributed by atoms with Crippen LogP contribution in [0.2, 0.25) is 0 Å². The van der Waals surface area contributed by atoms with Crippen LogP contribution in [0.25, 0.3) is 5.69 Å². The maximum absolute atomic E-state index is 11.4. The topological polar surface area (TPSA) is 76.9 Å². The fraction of sp³-hybridized carbons (Fsp3) is 0.429. The third kappa shape index (κ3) is 4.08. The first kappa shape index (κ1) is 17.0. The van der Waals surface area contributed by atoms with Crippen molar-refractivity contribution in [1.82, 2.24) is 19.5 Å². The number of benzene rings is 1. The molecule has 0 saturated heterocycles. The molecule has 0 bridgehead atoms. The molecule has 0 aliphatic carbocycles. The molecule has 22 heavy (non-hydrogen) atoms. The minimum absolute atomic E-state index is 0.0934. The number of aryl methyl sites for hydroxylation is 2. The Morgan fingerprint density at radius 2 is 1.95 bits per heavy atom. The van der Waals surface area contributed by atoms with E-state index in [9.17, 15) is 8.42 Å². The molecule has 1 N–H and O–H groups in total. The van der Waals surface area contributed by atoms with Gasteiger partial charge in [-0.05, 0) is 32.4 Å². The molecule has 0 unspecified atom stereocenters. The fourth-order valence-corrected chi connectivity index (χ4v) is 3.56. The number of aromatic nitrogens is 3. The van der Waals surface area contributed by atoms with Crippen molar-refractivity contribution in [2.75, 3.05) is 18.1 Å². The summed E-state index contributed by atoms with van der Waals surface area (Å²) in [6, 6.07) is 8.03. The second kappa shape index (κ2) is 7.26. The number of hydrogen-bond donors (Lipinski definition) is 1. The van der Waals surface area contributed by atoms with Crippen molar-refractivity contribution in [3.05, 3.63) is 35.7 Å². The van der Waals surface area contributed by atoms with Gasteiger partial charge in [-0.25, -0.2) is 13.1 Å². The summed E-state index contributed by atoms with van der Waals surface area (Å²) in [5.74, 6) is 1.50. The zero-order valence-corrected chi connectivity index (χ0v) is 14.5. The van der Waals surface area contributed by atoms with E-state index in [1.165, 1.54) is 11.8 Å². The quantitative estimate of drug-likeness (QED) is 0.615. The Hall–Kier alpha value is -1.38. The highest BCUT2D eigenvalue weighted by Gasteiger charge is 2.13. The molecule has 0 radical (unpaired) electrons. The first-order chi connectivity index (χ1) is 10.4. The summed E-state index contributed by atoms with van der Waals surface area (Å²) in [7, 11) is -3.14. The minimum Gasteiger partial charge on any atom is -0.274 e. The number of nitrogens with zero attached hydrogens (tertiary/aromatic N) is 3. The smallest absolute Gasteiger partial charge is 0.211 e. The molecule has 0 saturated carbocycles. The Kier molecular flexibility index (Phi) is 5.60. The predicted molar refractivity (Wildman–Crippen MR) is 89.0 cm³/mol. The van der Waals surface area contributed by atoms with E-state index in [0.29, 0.717) is 12.3 Å². The van der Waals surface area contributed by atoms with E-state index >= 15 is 0 Å². The van der Waals surface area contributed by atoms with Gasteiger partial charge >= 0.3 is 0 Å². The largest absolute Gasteiger partial charge is 0.274 e. The number of rotatable bonds is 7. The number of nitrogens with one attached hydrogen (secondary N) is 1. The lowest BCUT2D eigenvalue weighted by atomic mass is 10.2. The Morgan fingerprint density at radius 3 is 2.64 bits per heavy atom. The van der Waals surface area contributed by atoms with Crippen LogP contribution in [0.4, 0.5) is 0 Å². The van der Waals surface area contributed by atoms with Gasteiger partial charge < -0.3 is 0 Å². The maximum atomic E-state index is 11.4. The minimum atomic E-state index is -3.14. The van der Waals surface area contributed by atoms with Gasteiger partial charge in [0, 0.05) is 12.3 Å². The molecule has 2 aromatic rings. The second-order valence-electron chi connectivity index (χ2n) is 4.80. The van der Waals surface area contributed by atoms with Crippen molar-refractivity contribution in [3.8, 4) is 5.69 Å². The van der Waals surface area contributed by atoms with E-state index in [1.54, 1.807) is 6.92 Å². The Balaban J connectivity index is 2.09. The molecular formula is C14H20N4O2S2. The SMILES string of the molecule is CCS(=O)(=O)NCCSc1nnc(C)n1-c1ccccc1C. The van der Waals surface area contributed by atoms with Gasteiger partial charge in [0.2, 0.25) is 10.0 Å². The van der Waals surface area contributed by atoms with Gasteiger partial charge in [-0.3, -0.25) is 4.57 Å². The van der Waals surface area contributed by atoms with Gasteiger partial charge in [-0.15, -0.1) is 10.2 Å². The van der Waals surface area contributed by atoms with Crippen LogP contribution >= 0.6 is 11.8 Å². The second-order valence-corrected chi connectivity index (χ2v) is 7.96. The van der Waals surface area contributed by atoms with E-state index in [2.05, 4.69) is 14.9 Å². The molecule has 1 heterocycles. The van der Waals surface area contributed by atoms with Crippen molar-refractivity contribution < 1.29 is 8.42 Å². The zero-order valence-electron chi connectivity index (χ0n) is 12.9. The summed E-state index contributed by atoms with van der Waals surface area (Å²) in [6.45, 7) is 5.94. The van der Waals surface area contributed by atoms with Gasteiger partial charge in [0.25, 0.3) is 0 Å². The molecule has 2 rings (SSSR count). The van der Waals surface area contributed by atoms with Crippen molar-refractivity contribution in [3.63, 3.8) is 0 Å². The monoisotopic (exact) mass is 340 g/mol. The van der Waals surface area contributed by atoms with Crippen LogP contribution < -0.4 is 4.72 Å². The lowest BCUT2D eigenvalue weighted by Crippen LogP contribution is -2.27. The standard InChI is InChI=1S/C14H20N4O2S2/c1-4-22(19,20)15-9-10-21-14-17-16-12(3)18(14)13-8-6-5-7-11(13)2/h5-8,15H,4,9-10H2,1-3H3. The van der Waals surface area contributed by atoms with Gasteiger partial charge in [-0.1, -0.05) is 30.0 Å². The van der Waals surface area contributed by atoms with Crippen LogP contribution in [0.5, 0.6) is 0 Å². The maximum Gasteiger partial charge on any atom is 0.211 e. The van der Waals surface area contributed by atoms with Crippen LogP contribution in [0, 0.1) is 13.8 Å². The molecule has 6 nitrogen and oxygen atoms in total. The molecule has 120 valence electrons. The summed E-state index contributed by atoms with van der Waals surface area (Å²) in [4.78, 5) is 0. The Morgan fingerprint density at radius 1 is 1.23 bits per heavy atom. The summed E-state index contributed by atoms with van der Waals surface area (Å²) in [6.07, 6.45) is 0. The van der Waals surface area contributed by atoms with E-state index in [1.807, 2.05) is 42.7 Å². The number of thioether (sulfide) groups is 1. The predicted octanol–water partition coefficient (Wildman–Crippen LogP) is 1.92. The molecule has 0 amide bonds. The lowest BCUT2D eigenvalue weighted by molar-refractivity contribution is 0.585. The average molecular weight is 340 g/mol. The summed E-state index contributed by atoms with van der Waals surface area (Å²) < 4.78 is 27.3. The van der Waals surface area contributed by atoms with Crippen molar-refractivity contribution in [2.24, 2.45) is 0 Å². The van der Waals surface area contributed by atoms with E-state index in [0.717, 1.165) is 22.2 Å². The molecule has 0 aliphatic heterocycles. The number of sulfonamides is 1. The van der Waals surface area contributed by atoms with Gasteiger partial charge in [0.1, 0.15) is 5.82 Å². The van der Waals surface area contributed by atoms with Crippen molar-refractivity contribution in [1.29, 1.82) is 0 Å². The van der Waals surface area contributed by atoms with Gasteiger partial charge in [0.05, 0.1) is 11.4 Å². The summed E-state index contributed by atoms with van der Waals surface area (Å²) in [5, 5.41) is 9.08. The van der Waals surface area contributed by atoms with E-state index < -0.39 is 10.0 Å². The highest BCUT2D eigenvalue weighted by Crippen LogP contribution is 2.23. The van der Waals surface area contributed by atoms with Crippen LogP contribution in [0.1, 0.15) is 18.3 Å². The Bertz CT molecular complexity index is 741. The first-order valence-electron chi connectivity index (χ1n) is 7.02. The average Bonchev–Trinajstić information content (AvgIpc) is 2.85. The molecule has 1 aromatic carbocycles. The molecule has 0 fully saturated rings. The molecule has 0 aliphatic rings. The fourth-order valence-electron chi connectivity index (χ4n) is 1.97. The van der Waals surface area contributed by atoms with Gasteiger partial charge in [0.15, 0.2) is 5.16 Å². The summed E-state index contributed by atoms with van der Waals surface area (Å²) in [5.41, 5.74) is 2.18.